The summed E-state index contributed by atoms with van der Waals surface area (Å²) in [5.41, 5.74) is 2.38. The second-order valence-electron chi connectivity index (χ2n) is 4.56. The van der Waals surface area contributed by atoms with Gasteiger partial charge in [-0.25, -0.2) is 0 Å². The summed E-state index contributed by atoms with van der Waals surface area (Å²) >= 11 is 0. The lowest BCUT2D eigenvalue weighted by Gasteiger charge is -2.17. The summed E-state index contributed by atoms with van der Waals surface area (Å²) in [6.07, 6.45) is 0. The molecule has 1 atom stereocenters. The number of aryl methyl sites for hydroxylation is 1. The lowest BCUT2D eigenvalue weighted by Crippen LogP contribution is -2.17. The molecule has 0 aromatic heterocycles. The van der Waals surface area contributed by atoms with Crippen LogP contribution in [0.3, 0.4) is 0 Å². The van der Waals surface area contributed by atoms with Crippen LogP contribution in [0.1, 0.15) is 5.56 Å². The Kier molecular flexibility index (Phi) is 3.88. The van der Waals surface area contributed by atoms with E-state index in [0.29, 0.717) is 14.3 Å². The normalized spacial score (nSPS) is 11.1. The van der Waals surface area contributed by atoms with Crippen LogP contribution in [0.15, 0.2) is 42.5 Å². The number of aromatic hydroxyl groups is 1. The number of phenols is 1. The van der Waals surface area contributed by atoms with E-state index < -0.39 is 0 Å². The van der Waals surface area contributed by atoms with Crippen molar-refractivity contribution in [3.05, 3.63) is 48.0 Å². The van der Waals surface area contributed by atoms with Gasteiger partial charge in [0, 0.05) is 30.4 Å². The molecule has 2 nitrogen and oxygen atoms in total. The summed E-state index contributed by atoms with van der Waals surface area (Å²) in [5.74, 6) is 0.382. The van der Waals surface area contributed by atoms with Crippen LogP contribution in [-0.4, -0.2) is 19.2 Å². The van der Waals surface area contributed by atoms with E-state index in [1.165, 1.54) is 16.6 Å². The molecule has 94 valence electrons. The monoisotopic (exact) mass is 259 g/mol. The minimum Gasteiger partial charge on any atom is -0.507 e. The summed E-state index contributed by atoms with van der Waals surface area (Å²) in [5, 5.41) is 12.2. The largest absolute Gasteiger partial charge is 0.507 e. The predicted octanol–water partition coefficient (Wildman–Crippen LogP) is 2.40. The van der Waals surface area contributed by atoms with E-state index in [0.717, 1.165) is 5.30 Å². The van der Waals surface area contributed by atoms with Crippen LogP contribution in [0.4, 0.5) is 5.69 Å². The topological polar surface area (TPSA) is 23.5 Å². The summed E-state index contributed by atoms with van der Waals surface area (Å²) in [6.45, 7) is 2.05. The van der Waals surface area contributed by atoms with Gasteiger partial charge in [0.25, 0.3) is 0 Å². The zero-order valence-corrected chi connectivity index (χ0v) is 11.9. The molecular formula is C15H18NOP. The highest BCUT2D eigenvalue weighted by molar-refractivity contribution is 7.56. The fourth-order valence-electron chi connectivity index (χ4n) is 1.86. The number of hydrogen-bond donors (Lipinski definition) is 1. The molecule has 2 aromatic rings. The zero-order valence-electron chi connectivity index (χ0n) is 10.9. The summed E-state index contributed by atoms with van der Waals surface area (Å²) < 4.78 is 0. The Balaban J connectivity index is 2.37. The fraction of sp³-hybridized carbons (Fsp3) is 0.200. The third-order valence-corrected chi connectivity index (χ3v) is 4.17. The maximum Gasteiger partial charge on any atom is 0.123 e. The van der Waals surface area contributed by atoms with Crippen molar-refractivity contribution in [2.45, 2.75) is 6.92 Å². The summed E-state index contributed by atoms with van der Waals surface area (Å²) in [6, 6.07) is 14.1. The van der Waals surface area contributed by atoms with Gasteiger partial charge in [-0.3, -0.25) is 0 Å². The maximum atomic E-state index is 9.92. The summed E-state index contributed by atoms with van der Waals surface area (Å²) in [4.78, 5) is 2.11. The van der Waals surface area contributed by atoms with Crippen molar-refractivity contribution in [3.63, 3.8) is 0 Å². The van der Waals surface area contributed by atoms with Crippen molar-refractivity contribution < 1.29 is 5.11 Å². The van der Waals surface area contributed by atoms with Crippen molar-refractivity contribution in [1.29, 1.82) is 0 Å². The third kappa shape index (κ3) is 2.83. The molecule has 0 amide bonds. The Morgan fingerprint density at radius 1 is 1.00 bits per heavy atom. The predicted molar refractivity (Wildman–Crippen MR) is 81.2 cm³/mol. The molecule has 0 fully saturated rings. The van der Waals surface area contributed by atoms with Gasteiger partial charge in [-0.05, 0) is 25.1 Å². The van der Waals surface area contributed by atoms with Crippen LogP contribution in [0, 0.1) is 6.92 Å². The third-order valence-electron chi connectivity index (χ3n) is 2.81. The van der Waals surface area contributed by atoms with Gasteiger partial charge < -0.3 is 10.0 Å². The van der Waals surface area contributed by atoms with E-state index in [4.69, 9.17) is 0 Å². The number of para-hydroxylation sites is 1. The first-order chi connectivity index (χ1) is 8.58. The van der Waals surface area contributed by atoms with E-state index >= 15 is 0 Å². The zero-order chi connectivity index (χ0) is 13.1. The van der Waals surface area contributed by atoms with Gasteiger partial charge in [0.2, 0.25) is 0 Å². The first-order valence-corrected chi connectivity index (χ1v) is 6.91. The second kappa shape index (κ2) is 5.41. The highest BCUT2D eigenvalue weighted by atomic mass is 31.1. The minimum absolute atomic E-state index is 0.382. The number of phenolic OH excluding ortho intramolecular Hbond substituents is 1. The molecule has 0 heterocycles. The van der Waals surface area contributed by atoms with Gasteiger partial charge in [-0.1, -0.05) is 38.4 Å². The highest BCUT2D eigenvalue weighted by Crippen LogP contribution is 2.23. The second-order valence-corrected chi connectivity index (χ2v) is 5.88. The van der Waals surface area contributed by atoms with Crippen LogP contribution in [0.25, 0.3) is 0 Å². The van der Waals surface area contributed by atoms with Crippen molar-refractivity contribution in [2.75, 3.05) is 19.0 Å². The number of anilines is 1. The van der Waals surface area contributed by atoms with Crippen molar-refractivity contribution in [3.8, 4) is 5.75 Å². The Bertz CT molecular complexity index is 552. The highest BCUT2D eigenvalue weighted by Gasteiger charge is 2.07. The van der Waals surface area contributed by atoms with Crippen LogP contribution in [0.5, 0.6) is 5.75 Å². The van der Waals surface area contributed by atoms with Crippen LogP contribution in [-0.2, 0) is 0 Å². The van der Waals surface area contributed by atoms with E-state index in [1.807, 2.05) is 39.2 Å². The standard InChI is InChI=1S/C15H18NOP/c1-11-8-9-13(17)15(10-11)18-14-7-5-4-6-12(14)16(2)3/h4-10,17-18H,1-3H3. The van der Waals surface area contributed by atoms with Gasteiger partial charge in [-0.15, -0.1) is 0 Å². The minimum atomic E-state index is 0.382. The molecule has 18 heavy (non-hydrogen) atoms. The van der Waals surface area contributed by atoms with Crippen LogP contribution >= 0.6 is 8.58 Å². The first-order valence-electron chi connectivity index (χ1n) is 5.91. The Morgan fingerprint density at radius 2 is 1.72 bits per heavy atom. The molecule has 0 saturated carbocycles. The molecule has 0 aliphatic carbocycles. The maximum absolute atomic E-state index is 9.92. The van der Waals surface area contributed by atoms with Gasteiger partial charge in [0.15, 0.2) is 0 Å². The Labute approximate surface area is 110 Å². The molecule has 0 bridgehead atoms. The molecule has 0 spiro atoms. The SMILES string of the molecule is Cc1ccc(O)c(Pc2ccccc2N(C)C)c1. The Morgan fingerprint density at radius 3 is 2.44 bits per heavy atom. The average Bonchev–Trinajstić information content (AvgIpc) is 2.34. The lowest BCUT2D eigenvalue weighted by molar-refractivity contribution is 0.479. The molecular weight excluding hydrogens is 241 g/mol. The van der Waals surface area contributed by atoms with Crippen LogP contribution < -0.4 is 15.5 Å². The van der Waals surface area contributed by atoms with E-state index in [9.17, 15) is 5.11 Å². The van der Waals surface area contributed by atoms with E-state index in [1.54, 1.807) is 6.07 Å². The fourth-order valence-corrected chi connectivity index (χ4v) is 3.28. The molecule has 0 aliphatic rings. The van der Waals surface area contributed by atoms with E-state index in [-0.39, 0.29) is 0 Å². The Hall–Kier alpha value is -1.53. The van der Waals surface area contributed by atoms with Crippen molar-refractivity contribution >= 4 is 24.9 Å². The molecule has 1 N–H and O–H groups in total. The van der Waals surface area contributed by atoms with Crippen molar-refractivity contribution in [2.24, 2.45) is 0 Å². The molecule has 0 radical (unpaired) electrons. The van der Waals surface area contributed by atoms with Crippen LogP contribution in [0.2, 0.25) is 0 Å². The van der Waals surface area contributed by atoms with Gasteiger partial charge in [0.05, 0.1) is 0 Å². The van der Waals surface area contributed by atoms with Gasteiger partial charge in [0.1, 0.15) is 5.75 Å². The molecule has 0 saturated heterocycles. The smallest absolute Gasteiger partial charge is 0.123 e. The van der Waals surface area contributed by atoms with Crippen molar-refractivity contribution in [1.82, 2.24) is 0 Å². The molecule has 2 rings (SSSR count). The molecule has 1 unspecified atom stereocenters. The molecule has 2 aromatic carbocycles. The quantitative estimate of drug-likeness (QED) is 0.856. The summed E-state index contributed by atoms with van der Waals surface area (Å²) in [7, 11) is 4.55. The number of rotatable bonds is 3. The molecule has 0 aliphatic heterocycles. The number of hydrogen-bond acceptors (Lipinski definition) is 2. The number of nitrogens with zero attached hydrogens (tertiary/aromatic N) is 1. The molecule has 3 heteroatoms. The van der Waals surface area contributed by atoms with Gasteiger partial charge in [-0.2, -0.15) is 0 Å². The van der Waals surface area contributed by atoms with Gasteiger partial charge >= 0.3 is 0 Å². The average molecular weight is 259 g/mol. The first kappa shape index (κ1) is 12.9. The number of benzene rings is 2. The lowest BCUT2D eigenvalue weighted by atomic mass is 10.2. The van der Waals surface area contributed by atoms with E-state index in [2.05, 4.69) is 23.1 Å².